The number of piperidine rings is 1. The van der Waals surface area contributed by atoms with Crippen molar-refractivity contribution in [1.29, 1.82) is 0 Å². The quantitative estimate of drug-likeness (QED) is 0.917. The van der Waals surface area contributed by atoms with E-state index in [-0.39, 0.29) is 0 Å². The first-order valence-electron chi connectivity index (χ1n) is 8.24. The summed E-state index contributed by atoms with van der Waals surface area (Å²) in [7, 11) is 0. The van der Waals surface area contributed by atoms with E-state index < -0.39 is 0 Å². The van der Waals surface area contributed by atoms with E-state index in [1.165, 1.54) is 5.69 Å². The highest BCUT2D eigenvalue weighted by molar-refractivity contribution is 5.33. The zero-order valence-corrected chi connectivity index (χ0v) is 13.2. The molecule has 7 heteroatoms. The van der Waals surface area contributed by atoms with Crippen LogP contribution in [0.3, 0.4) is 0 Å². The maximum Gasteiger partial charge on any atom is 0.135 e. The normalized spacial score (nSPS) is 19.5. The Hall–Kier alpha value is -1.99. The SMILES string of the molecule is c1cc(NC2CCN(Cc3cnc4n3CCOC4)CC2)ncn1. The Morgan fingerprint density at radius 2 is 2.13 bits per heavy atom. The van der Waals surface area contributed by atoms with Crippen LogP contribution < -0.4 is 5.32 Å². The van der Waals surface area contributed by atoms with Crippen molar-refractivity contribution >= 4 is 5.82 Å². The van der Waals surface area contributed by atoms with Gasteiger partial charge in [-0.3, -0.25) is 4.90 Å². The summed E-state index contributed by atoms with van der Waals surface area (Å²) < 4.78 is 7.77. The highest BCUT2D eigenvalue weighted by Crippen LogP contribution is 2.18. The fourth-order valence-corrected chi connectivity index (χ4v) is 3.34. The average molecular weight is 314 g/mol. The van der Waals surface area contributed by atoms with E-state index in [0.717, 1.165) is 57.3 Å². The zero-order chi connectivity index (χ0) is 15.5. The molecule has 2 aliphatic heterocycles. The molecule has 0 bridgehead atoms. The lowest BCUT2D eigenvalue weighted by atomic mass is 10.0. The van der Waals surface area contributed by atoms with Gasteiger partial charge in [-0.2, -0.15) is 0 Å². The Kier molecular flexibility index (Phi) is 4.21. The molecule has 7 nitrogen and oxygen atoms in total. The third-order valence-corrected chi connectivity index (χ3v) is 4.62. The minimum Gasteiger partial charge on any atom is -0.372 e. The molecule has 1 fully saturated rings. The Morgan fingerprint density at radius 1 is 1.22 bits per heavy atom. The number of rotatable bonds is 4. The van der Waals surface area contributed by atoms with Crippen LogP contribution in [0.4, 0.5) is 5.82 Å². The van der Waals surface area contributed by atoms with E-state index in [1.54, 1.807) is 12.5 Å². The first kappa shape index (κ1) is 14.6. The lowest BCUT2D eigenvalue weighted by Crippen LogP contribution is -2.39. The van der Waals surface area contributed by atoms with Gasteiger partial charge in [-0.1, -0.05) is 0 Å². The van der Waals surface area contributed by atoms with E-state index in [0.29, 0.717) is 12.6 Å². The van der Waals surface area contributed by atoms with Gasteiger partial charge in [-0.15, -0.1) is 0 Å². The van der Waals surface area contributed by atoms with Gasteiger partial charge >= 0.3 is 0 Å². The number of nitrogens with one attached hydrogen (secondary N) is 1. The van der Waals surface area contributed by atoms with Crippen LogP contribution in [0.5, 0.6) is 0 Å². The van der Waals surface area contributed by atoms with Gasteiger partial charge in [0.1, 0.15) is 24.6 Å². The molecule has 2 aromatic heterocycles. The maximum atomic E-state index is 5.45. The molecule has 0 atom stereocenters. The van der Waals surface area contributed by atoms with Crippen LogP contribution in [-0.4, -0.2) is 50.2 Å². The van der Waals surface area contributed by atoms with E-state index in [9.17, 15) is 0 Å². The summed E-state index contributed by atoms with van der Waals surface area (Å²) in [6.07, 6.45) is 7.64. The van der Waals surface area contributed by atoms with Crippen LogP contribution in [0.15, 0.2) is 24.8 Å². The number of likely N-dealkylation sites (tertiary alicyclic amines) is 1. The van der Waals surface area contributed by atoms with Crippen LogP contribution in [0.2, 0.25) is 0 Å². The fourth-order valence-electron chi connectivity index (χ4n) is 3.34. The Balaban J connectivity index is 1.31. The second kappa shape index (κ2) is 6.64. The van der Waals surface area contributed by atoms with Crippen molar-refractivity contribution in [2.24, 2.45) is 0 Å². The highest BCUT2D eigenvalue weighted by atomic mass is 16.5. The summed E-state index contributed by atoms with van der Waals surface area (Å²) in [6.45, 7) is 5.54. The lowest BCUT2D eigenvalue weighted by molar-refractivity contribution is 0.0792. The molecule has 0 radical (unpaired) electrons. The van der Waals surface area contributed by atoms with E-state index in [4.69, 9.17) is 4.74 Å². The molecule has 122 valence electrons. The molecule has 0 aromatic carbocycles. The number of aromatic nitrogens is 4. The number of imidazole rings is 1. The number of anilines is 1. The molecule has 4 heterocycles. The van der Waals surface area contributed by atoms with Gasteiger partial charge in [-0.05, 0) is 18.9 Å². The van der Waals surface area contributed by atoms with Crippen molar-refractivity contribution in [1.82, 2.24) is 24.4 Å². The Labute approximate surface area is 135 Å². The van der Waals surface area contributed by atoms with Crippen LogP contribution in [-0.2, 0) is 24.4 Å². The van der Waals surface area contributed by atoms with Gasteiger partial charge < -0.3 is 14.6 Å². The number of hydrogen-bond donors (Lipinski definition) is 1. The molecule has 23 heavy (non-hydrogen) atoms. The lowest BCUT2D eigenvalue weighted by Gasteiger charge is -2.32. The number of hydrogen-bond acceptors (Lipinski definition) is 6. The molecule has 0 aliphatic carbocycles. The van der Waals surface area contributed by atoms with Gasteiger partial charge in [0.2, 0.25) is 0 Å². The number of fused-ring (bicyclic) bond motifs is 1. The molecule has 1 N–H and O–H groups in total. The first-order valence-corrected chi connectivity index (χ1v) is 8.24. The van der Waals surface area contributed by atoms with E-state index in [1.807, 2.05) is 12.3 Å². The molecule has 4 rings (SSSR count). The standard InChI is InChI=1S/C16H22N6O/c1-4-17-12-19-15(1)20-13-2-5-21(6-3-13)10-14-9-18-16-11-23-8-7-22(14)16/h1,4,9,12-13H,2-3,5-8,10-11H2,(H,17,19,20). The maximum absolute atomic E-state index is 5.45. The second-order valence-electron chi connectivity index (χ2n) is 6.16. The monoisotopic (exact) mass is 314 g/mol. The van der Waals surface area contributed by atoms with Crippen molar-refractivity contribution in [3.8, 4) is 0 Å². The van der Waals surface area contributed by atoms with Crippen LogP contribution in [0.1, 0.15) is 24.4 Å². The van der Waals surface area contributed by atoms with Crippen molar-refractivity contribution < 1.29 is 4.74 Å². The van der Waals surface area contributed by atoms with Gasteiger partial charge in [0, 0.05) is 44.6 Å². The Bertz CT molecular complexity index is 635. The molecular weight excluding hydrogens is 292 g/mol. The Morgan fingerprint density at radius 3 is 2.96 bits per heavy atom. The largest absolute Gasteiger partial charge is 0.372 e. The minimum absolute atomic E-state index is 0.494. The third kappa shape index (κ3) is 3.35. The highest BCUT2D eigenvalue weighted by Gasteiger charge is 2.22. The molecule has 2 aromatic rings. The summed E-state index contributed by atoms with van der Waals surface area (Å²) in [6, 6.07) is 2.42. The molecule has 0 spiro atoms. The molecule has 0 amide bonds. The van der Waals surface area contributed by atoms with Crippen molar-refractivity contribution in [2.75, 3.05) is 25.0 Å². The van der Waals surface area contributed by atoms with Gasteiger partial charge in [0.15, 0.2) is 0 Å². The summed E-state index contributed by atoms with van der Waals surface area (Å²) in [4.78, 5) is 15.2. The van der Waals surface area contributed by atoms with E-state index >= 15 is 0 Å². The predicted molar refractivity (Wildman–Crippen MR) is 85.8 cm³/mol. The molecule has 1 saturated heterocycles. The fraction of sp³-hybridized carbons (Fsp3) is 0.562. The summed E-state index contributed by atoms with van der Waals surface area (Å²) in [5, 5.41) is 3.50. The average Bonchev–Trinajstić information content (AvgIpc) is 3.01. The van der Waals surface area contributed by atoms with Crippen LogP contribution >= 0.6 is 0 Å². The smallest absolute Gasteiger partial charge is 0.135 e. The molecule has 2 aliphatic rings. The molecule has 0 saturated carbocycles. The predicted octanol–water partition coefficient (Wildman–Crippen LogP) is 1.28. The van der Waals surface area contributed by atoms with Gasteiger partial charge in [0.05, 0.1) is 12.3 Å². The van der Waals surface area contributed by atoms with Crippen LogP contribution in [0, 0.1) is 0 Å². The summed E-state index contributed by atoms with van der Waals surface area (Å²) in [5.74, 6) is 1.98. The van der Waals surface area contributed by atoms with Crippen molar-refractivity contribution in [3.05, 3.63) is 36.3 Å². The summed E-state index contributed by atoms with van der Waals surface area (Å²) >= 11 is 0. The second-order valence-corrected chi connectivity index (χ2v) is 6.16. The number of nitrogens with zero attached hydrogens (tertiary/aromatic N) is 5. The van der Waals surface area contributed by atoms with Gasteiger partial charge in [-0.25, -0.2) is 15.0 Å². The number of ether oxygens (including phenoxy) is 1. The topological polar surface area (TPSA) is 68.1 Å². The van der Waals surface area contributed by atoms with Crippen molar-refractivity contribution in [2.45, 2.75) is 38.6 Å². The van der Waals surface area contributed by atoms with E-state index in [2.05, 4.69) is 29.7 Å². The molecular formula is C16H22N6O. The zero-order valence-electron chi connectivity index (χ0n) is 13.2. The summed E-state index contributed by atoms with van der Waals surface area (Å²) in [5.41, 5.74) is 1.31. The van der Waals surface area contributed by atoms with Crippen LogP contribution in [0.25, 0.3) is 0 Å². The van der Waals surface area contributed by atoms with Gasteiger partial charge in [0.25, 0.3) is 0 Å². The third-order valence-electron chi connectivity index (χ3n) is 4.62. The molecule has 0 unspecified atom stereocenters. The minimum atomic E-state index is 0.494. The van der Waals surface area contributed by atoms with Crippen molar-refractivity contribution in [3.63, 3.8) is 0 Å². The first-order chi connectivity index (χ1) is 11.4.